The molecule has 0 radical (unpaired) electrons. The number of nitrogens with zero attached hydrogens (tertiary/aromatic N) is 3. The lowest BCUT2D eigenvalue weighted by atomic mass is 9.95. The van der Waals surface area contributed by atoms with E-state index in [0.717, 1.165) is 18.5 Å². The molecule has 1 aromatic heterocycles. The topological polar surface area (TPSA) is 76.5 Å². The van der Waals surface area contributed by atoms with Crippen molar-refractivity contribution in [2.24, 2.45) is 13.0 Å². The molecule has 2 fully saturated rings. The SMILES string of the molecule is CNC(=O)C1(COC)CCCN1C(=O)[C@@H]1C[C@H]1c1cncn1C. The fraction of sp³-hybridized carbons (Fsp3) is 0.688. The van der Waals surface area contributed by atoms with Gasteiger partial charge in [-0.15, -0.1) is 0 Å². The van der Waals surface area contributed by atoms with E-state index in [2.05, 4.69) is 10.3 Å². The van der Waals surface area contributed by atoms with Crippen molar-refractivity contribution in [1.29, 1.82) is 0 Å². The number of carbonyl (C=O) groups is 2. The minimum Gasteiger partial charge on any atom is -0.382 e. The number of methoxy groups -OCH3 is 1. The molecule has 0 spiro atoms. The number of aryl methyl sites for hydroxylation is 1. The van der Waals surface area contributed by atoms with Crippen LogP contribution in [-0.2, 0) is 21.4 Å². The summed E-state index contributed by atoms with van der Waals surface area (Å²) in [5.41, 5.74) is 0.222. The number of aromatic nitrogens is 2. The van der Waals surface area contributed by atoms with Crippen LogP contribution >= 0.6 is 0 Å². The molecule has 7 nitrogen and oxygen atoms in total. The van der Waals surface area contributed by atoms with Crippen LogP contribution in [-0.4, -0.2) is 59.1 Å². The molecule has 2 aliphatic rings. The molecule has 3 atom stereocenters. The standard InChI is InChI=1S/C16H24N4O3/c1-17-15(22)16(9-23-3)5-4-6-20(16)14(21)12-7-11(12)13-8-18-10-19(13)2/h8,10-12H,4-7,9H2,1-3H3,(H,17,22)/t11-,12-,16?/m1/s1. The maximum Gasteiger partial charge on any atom is 0.248 e. The summed E-state index contributed by atoms with van der Waals surface area (Å²) in [5.74, 6) is 0.0854. The summed E-state index contributed by atoms with van der Waals surface area (Å²) in [6.07, 6.45) is 5.88. The van der Waals surface area contributed by atoms with E-state index < -0.39 is 5.54 Å². The first-order chi connectivity index (χ1) is 11.0. The van der Waals surface area contributed by atoms with Crippen LogP contribution in [0.1, 0.15) is 30.9 Å². The third kappa shape index (κ3) is 2.52. The molecule has 1 aliphatic carbocycles. The molecule has 0 aromatic carbocycles. The van der Waals surface area contributed by atoms with Crippen LogP contribution in [0, 0.1) is 5.92 Å². The molecule has 0 bridgehead atoms. The zero-order chi connectivity index (χ0) is 16.6. The van der Waals surface area contributed by atoms with Crippen molar-refractivity contribution >= 4 is 11.8 Å². The molecule has 1 unspecified atom stereocenters. The second-order valence-corrected chi connectivity index (χ2v) is 6.52. The summed E-state index contributed by atoms with van der Waals surface area (Å²) >= 11 is 0. The molecule has 2 heterocycles. The first-order valence-electron chi connectivity index (χ1n) is 8.04. The predicted molar refractivity (Wildman–Crippen MR) is 83.7 cm³/mol. The molecule has 3 rings (SSSR count). The quantitative estimate of drug-likeness (QED) is 0.845. The van der Waals surface area contributed by atoms with Gasteiger partial charge in [0.2, 0.25) is 11.8 Å². The van der Waals surface area contributed by atoms with Crippen LogP contribution in [0.4, 0.5) is 0 Å². The molecule has 23 heavy (non-hydrogen) atoms. The van der Waals surface area contributed by atoms with E-state index in [0.29, 0.717) is 13.0 Å². The van der Waals surface area contributed by atoms with Gasteiger partial charge in [0.15, 0.2) is 0 Å². The molecule has 7 heteroatoms. The van der Waals surface area contributed by atoms with E-state index in [1.807, 2.05) is 17.8 Å². The van der Waals surface area contributed by atoms with Gasteiger partial charge in [0.05, 0.1) is 12.9 Å². The second kappa shape index (κ2) is 5.96. The minimum atomic E-state index is -0.861. The Morgan fingerprint density at radius 1 is 1.52 bits per heavy atom. The highest BCUT2D eigenvalue weighted by atomic mass is 16.5. The van der Waals surface area contributed by atoms with Gasteiger partial charge in [0.25, 0.3) is 0 Å². The molecule has 126 valence electrons. The molecule has 1 N–H and O–H groups in total. The summed E-state index contributed by atoms with van der Waals surface area (Å²) in [7, 11) is 5.12. The van der Waals surface area contributed by atoms with Gasteiger partial charge in [-0.1, -0.05) is 0 Å². The van der Waals surface area contributed by atoms with E-state index in [1.54, 1.807) is 25.4 Å². The molecule has 1 aliphatic heterocycles. The maximum absolute atomic E-state index is 13.0. The third-order valence-corrected chi connectivity index (χ3v) is 5.13. The van der Waals surface area contributed by atoms with Crippen LogP contribution in [0.25, 0.3) is 0 Å². The third-order valence-electron chi connectivity index (χ3n) is 5.13. The molecular weight excluding hydrogens is 296 g/mol. The highest BCUT2D eigenvalue weighted by Gasteiger charge is 2.55. The monoisotopic (exact) mass is 320 g/mol. The van der Waals surface area contributed by atoms with E-state index in [-0.39, 0.29) is 30.3 Å². The fourth-order valence-corrected chi connectivity index (χ4v) is 3.84. The van der Waals surface area contributed by atoms with Gasteiger partial charge in [-0.3, -0.25) is 9.59 Å². The minimum absolute atomic E-state index is 0.0515. The van der Waals surface area contributed by atoms with E-state index in [4.69, 9.17) is 4.74 Å². The zero-order valence-corrected chi connectivity index (χ0v) is 13.9. The summed E-state index contributed by atoms with van der Waals surface area (Å²) in [6.45, 7) is 0.853. The van der Waals surface area contributed by atoms with Crippen molar-refractivity contribution < 1.29 is 14.3 Å². The van der Waals surface area contributed by atoms with Crippen molar-refractivity contribution in [3.8, 4) is 0 Å². The van der Waals surface area contributed by atoms with E-state index in [9.17, 15) is 9.59 Å². The van der Waals surface area contributed by atoms with Crippen LogP contribution in [0.3, 0.4) is 0 Å². The number of hydrogen-bond donors (Lipinski definition) is 1. The number of amides is 2. The number of likely N-dealkylation sites (N-methyl/N-ethyl adjacent to an activating group) is 1. The number of ether oxygens (including phenoxy) is 1. The number of hydrogen-bond acceptors (Lipinski definition) is 4. The summed E-state index contributed by atoms with van der Waals surface area (Å²) in [5, 5.41) is 2.70. The van der Waals surface area contributed by atoms with Crippen molar-refractivity contribution in [1.82, 2.24) is 19.8 Å². The van der Waals surface area contributed by atoms with Crippen LogP contribution in [0.5, 0.6) is 0 Å². The first kappa shape index (κ1) is 16.0. The Labute approximate surface area is 136 Å². The Morgan fingerprint density at radius 3 is 2.91 bits per heavy atom. The Balaban J connectivity index is 1.79. The molecular formula is C16H24N4O3. The smallest absolute Gasteiger partial charge is 0.248 e. The molecule has 2 amide bonds. The Kier molecular flexibility index (Phi) is 4.14. The normalized spacial score (nSPS) is 29.6. The Bertz CT molecular complexity index is 614. The van der Waals surface area contributed by atoms with Crippen molar-refractivity contribution in [2.75, 3.05) is 27.3 Å². The van der Waals surface area contributed by atoms with Crippen molar-refractivity contribution in [2.45, 2.75) is 30.7 Å². The number of imidazole rings is 1. The summed E-state index contributed by atoms with van der Waals surface area (Å²) in [4.78, 5) is 31.3. The Morgan fingerprint density at radius 2 is 2.30 bits per heavy atom. The lowest BCUT2D eigenvalue weighted by molar-refractivity contribution is -0.149. The Hall–Kier alpha value is -1.89. The lowest BCUT2D eigenvalue weighted by Gasteiger charge is -2.36. The number of likely N-dealkylation sites (tertiary alicyclic amines) is 1. The van der Waals surface area contributed by atoms with Gasteiger partial charge < -0.3 is 19.5 Å². The van der Waals surface area contributed by atoms with Crippen molar-refractivity contribution in [3.05, 3.63) is 18.2 Å². The van der Waals surface area contributed by atoms with Crippen molar-refractivity contribution in [3.63, 3.8) is 0 Å². The molecule has 1 saturated carbocycles. The highest BCUT2D eigenvalue weighted by molar-refractivity contribution is 5.94. The molecule has 1 saturated heterocycles. The number of carbonyl (C=O) groups excluding carboxylic acids is 2. The van der Waals surface area contributed by atoms with Gasteiger partial charge >= 0.3 is 0 Å². The largest absolute Gasteiger partial charge is 0.382 e. The van der Waals surface area contributed by atoms with Gasteiger partial charge in [0.1, 0.15) is 5.54 Å². The van der Waals surface area contributed by atoms with Gasteiger partial charge in [-0.25, -0.2) is 4.98 Å². The van der Waals surface area contributed by atoms with E-state index in [1.165, 1.54) is 0 Å². The zero-order valence-electron chi connectivity index (χ0n) is 13.9. The van der Waals surface area contributed by atoms with Gasteiger partial charge in [-0.2, -0.15) is 0 Å². The highest BCUT2D eigenvalue weighted by Crippen LogP contribution is 2.49. The average Bonchev–Trinajstić information content (AvgIpc) is 3.03. The summed E-state index contributed by atoms with van der Waals surface area (Å²) in [6, 6.07) is 0. The first-order valence-corrected chi connectivity index (χ1v) is 8.04. The maximum atomic E-state index is 13.0. The van der Waals surface area contributed by atoms with E-state index >= 15 is 0 Å². The fourth-order valence-electron chi connectivity index (χ4n) is 3.84. The van der Waals surface area contributed by atoms with Crippen LogP contribution in [0.2, 0.25) is 0 Å². The summed E-state index contributed by atoms with van der Waals surface area (Å²) < 4.78 is 7.24. The predicted octanol–water partition coefficient (Wildman–Crippen LogP) is 0.277. The van der Waals surface area contributed by atoms with Crippen LogP contribution < -0.4 is 5.32 Å². The molecule has 1 aromatic rings. The van der Waals surface area contributed by atoms with Crippen LogP contribution in [0.15, 0.2) is 12.5 Å². The second-order valence-electron chi connectivity index (χ2n) is 6.52. The van der Waals surface area contributed by atoms with Gasteiger partial charge in [-0.05, 0) is 19.3 Å². The average molecular weight is 320 g/mol. The number of rotatable bonds is 5. The number of nitrogens with one attached hydrogen (secondary N) is 1. The van der Waals surface area contributed by atoms with Gasteiger partial charge in [0, 0.05) is 51.5 Å². The lowest BCUT2D eigenvalue weighted by Crippen LogP contribution is -2.59.